The number of nitrogens with one attached hydrogen (secondary N) is 2. The first-order valence-corrected chi connectivity index (χ1v) is 6.77. The van der Waals surface area contributed by atoms with Crippen LogP contribution >= 0.6 is 0 Å². The average Bonchev–Trinajstić information content (AvgIpc) is 2.28. The zero-order valence-corrected chi connectivity index (χ0v) is 10.5. The molecule has 1 aliphatic heterocycles. The van der Waals surface area contributed by atoms with Crippen molar-refractivity contribution in [2.24, 2.45) is 5.92 Å². The maximum Gasteiger partial charge on any atom is 0.00388 e. The fraction of sp³-hybridized carbons (Fsp3) is 1.00. The molecule has 0 amide bonds. The minimum Gasteiger partial charge on any atom is -0.316 e. The van der Waals surface area contributed by atoms with Gasteiger partial charge in [0.2, 0.25) is 0 Å². The highest BCUT2D eigenvalue weighted by molar-refractivity contribution is 4.72. The molecule has 90 valence electrons. The van der Waals surface area contributed by atoms with Gasteiger partial charge in [-0.25, -0.2) is 0 Å². The van der Waals surface area contributed by atoms with Gasteiger partial charge in [-0.15, -0.1) is 0 Å². The van der Waals surface area contributed by atoms with E-state index in [-0.39, 0.29) is 0 Å². The fourth-order valence-electron chi connectivity index (χ4n) is 2.27. The Kier molecular flexibility index (Phi) is 7.03. The normalized spacial score (nSPS) is 24.0. The summed E-state index contributed by atoms with van der Waals surface area (Å²) in [6, 6.07) is 0.707. The summed E-state index contributed by atoms with van der Waals surface area (Å²) in [6.45, 7) is 8.25. The van der Waals surface area contributed by atoms with Crippen LogP contribution in [0.25, 0.3) is 0 Å². The summed E-state index contributed by atoms with van der Waals surface area (Å²) in [5.74, 6) is 0.868. The second-order valence-corrected chi connectivity index (χ2v) is 5.02. The third kappa shape index (κ3) is 6.16. The van der Waals surface area contributed by atoms with Gasteiger partial charge < -0.3 is 10.6 Å². The van der Waals surface area contributed by atoms with Crippen molar-refractivity contribution in [3.63, 3.8) is 0 Å². The van der Waals surface area contributed by atoms with E-state index in [0.717, 1.165) is 5.92 Å². The van der Waals surface area contributed by atoms with Gasteiger partial charge in [-0.3, -0.25) is 0 Å². The lowest BCUT2D eigenvalue weighted by atomic mass is 9.99. The van der Waals surface area contributed by atoms with E-state index in [2.05, 4.69) is 24.5 Å². The number of hydrogen-bond donors (Lipinski definition) is 2. The molecule has 0 aromatic carbocycles. The lowest BCUT2D eigenvalue weighted by molar-refractivity contribution is 0.341. The third-order valence-electron chi connectivity index (χ3n) is 3.39. The highest BCUT2D eigenvalue weighted by Crippen LogP contribution is 2.09. The Labute approximate surface area is 95.2 Å². The van der Waals surface area contributed by atoms with Crippen molar-refractivity contribution in [1.82, 2.24) is 10.6 Å². The Bertz CT molecular complexity index is 141. The molecule has 1 rings (SSSR count). The molecule has 2 heteroatoms. The summed E-state index contributed by atoms with van der Waals surface area (Å²) in [7, 11) is 0. The van der Waals surface area contributed by atoms with E-state index in [1.807, 2.05) is 0 Å². The van der Waals surface area contributed by atoms with Crippen molar-refractivity contribution in [2.75, 3.05) is 19.6 Å². The van der Waals surface area contributed by atoms with Gasteiger partial charge in [0.25, 0.3) is 0 Å². The molecule has 0 radical (unpaired) electrons. The number of unbranched alkanes of at least 4 members (excludes halogenated alkanes) is 2. The fourth-order valence-corrected chi connectivity index (χ4v) is 2.27. The monoisotopic (exact) mass is 212 g/mol. The highest BCUT2D eigenvalue weighted by atomic mass is 14.9. The van der Waals surface area contributed by atoms with E-state index in [1.54, 1.807) is 0 Å². The molecule has 1 heterocycles. The van der Waals surface area contributed by atoms with Gasteiger partial charge in [-0.1, -0.05) is 26.2 Å². The smallest absolute Gasteiger partial charge is 0.00388 e. The lowest BCUT2D eigenvalue weighted by Gasteiger charge is -2.24. The lowest BCUT2D eigenvalue weighted by Crippen LogP contribution is -2.38. The van der Waals surface area contributed by atoms with Gasteiger partial charge in [0.15, 0.2) is 0 Å². The highest BCUT2D eigenvalue weighted by Gasteiger charge is 2.13. The minimum atomic E-state index is 0.707. The van der Waals surface area contributed by atoms with E-state index < -0.39 is 0 Å². The van der Waals surface area contributed by atoms with Gasteiger partial charge in [0.1, 0.15) is 0 Å². The van der Waals surface area contributed by atoms with Crippen LogP contribution in [0.5, 0.6) is 0 Å². The molecule has 0 bridgehead atoms. The number of hydrogen-bond acceptors (Lipinski definition) is 2. The van der Waals surface area contributed by atoms with Gasteiger partial charge in [0.05, 0.1) is 0 Å². The van der Waals surface area contributed by atoms with E-state index in [4.69, 9.17) is 0 Å². The summed E-state index contributed by atoms with van der Waals surface area (Å²) in [5.41, 5.74) is 0. The van der Waals surface area contributed by atoms with E-state index >= 15 is 0 Å². The maximum atomic E-state index is 3.67. The van der Waals surface area contributed by atoms with Crippen molar-refractivity contribution < 1.29 is 0 Å². The van der Waals surface area contributed by atoms with Gasteiger partial charge in [0, 0.05) is 6.04 Å². The van der Waals surface area contributed by atoms with Crippen LogP contribution in [0.3, 0.4) is 0 Å². The van der Waals surface area contributed by atoms with Crippen LogP contribution in [0, 0.1) is 5.92 Å². The molecule has 2 nitrogen and oxygen atoms in total. The topological polar surface area (TPSA) is 24.1 Å². The van der Waals surface area contributed by atoms with Gasteiger partial charge in [-0.05, 0) is 51.7 Å². The zero-order valence-electron chi connectivity index (χ0n) is 10.5. The van der Waals surface area contributed by atoms with Crippen molar-refractivity contribution in [3.05, 3.63) is 0 Å². The molecule has 0 aliphatic carbocycles. The molecule has 15 heavy (non-hydrogen) atoms. The van der Waals surface area contributed by atoms with Crippen molar-refractivity contribution in [2.45, 2.75) is 58.4 Å². The van der Waals surface area contributed by atoms with Gasteiger partial charge in [-0.2, -0.15) is 0 Å². The maximum absolute atomic E-state index is 3.67. The molecule has 0 spiro atoms. The molecule has 2 unspecified atom stereocenters. The Balaban J connectivity index is 1.97. The summed E-state index contributed by atoms with van der Waals surface area (Å²) < 4.78 is 0. The Morgan fingerprint density at radius 2 is 2.27 bits per heavy atom. The number of piperidine rings is 1. The minimum absolute atomic E-state index is 0.707. The molecule has 1 saturated heterocycles. The first-order valence-electron chi connectivity index (χ1n) is 6.77. The van der Waals surface area contributed by atoms with Crippen LogP contribution < -0.4 is 10.6 Å². The first-order chi connectivity index (χ1) is 7.33. The molecule has 2 atom stereocenters. The average molecular weight is 212 g/mol. The molecular weight excluding hydrogens is 184 g/mol. The van der Waals surface area contributed by atoms with E-state index in [0.29, 0.717) is 6.04 Å². The second kappa shape index (κ2) is 8.12. The predicted molar refractivity (Wildman–Crippen MR) is 67.2 cm³/mol. The first kappa shape index (κ1) is 13.0. The molecule has 2 N–H and O–H groups in total. The standard InChI is InChI=1S/C13H28N2/c1-3-4-5-7-12(2)15-11-13-8-6-9-14-10-13/h12-15H,3-11H2,1-2H3. The van der Waals surface area contributed by atoms with Crippen LogP contribution in [0.2, 0.25) is 0 Å². The molecule has 1 fully saturated rings. The molecule has 0 aromatic rings. The molecule has 0 saturated carbocycles. The van der Waals surface area contributed by atoms with Crippen molar-refractivity contribution in [3.8, 4) is 0 Å². The van der Waals surface area contributed by atoms with Crippen LogP contribution in [0.15, 0.2) is 0 Å². The predicted octanol–water partition coefficient (Wildman–Crippen LogP) is 2.54. The summed E-state index contributed by atoms with van der Waals surface area (Å²) in [6.07, 6.45) is 8.20. The Morgan fingerprint density at radius 3 is 2.93 bits per heavy atom. The van der Waals surface area contributed by atoms with E-state index in [9.17, 15) is 0 Å². The second-order valence-electron chi connectivity index (χ2n) is 5.02. The Morgan fingerprint density at radius 1 is 1.40 bits per heavy atom. The molecule has 0 aromatic heterocycles. The van der Waals surface area contributed by atoms with Crippen LogP contribution in [0.1, 0.15) is 52.4 Å². The van der Waals surface area contributed by atoms with Crippen LogP contribution in [0.4, 0.5) is 0 Å². The quantitative estimate of drug-likeness (QED) is 0.634. The summed E-state index contributed by atoms with van der Waals surface area (Å²) in [5, 5.41) is 7.14. The van der Waals surface area contributed by atoms with Crippen LogP contribution in [-0.2, 0) is 0 Å². The Hall–Kier alpha value is -0.0800. The van der Waals surface area contributed by atoms with Gasteiger partial charge >= 0.3 is 0 Å². The largest absolute Gasteiger partial charge is 0.316 e. The third-order valence-corrected chi connectivity index (χ3v) is 3.39. The summed E-state index contributed by atoms with van der Waals surface area (Å²) in [4.78, 5) is 0. The van der Waals surface area contributed by atoms with Crippen LogP contribution in [-0.4, -0.2) is 25.7 Å². The summed E-state index contributed by atoms with van der Waals surface area (Å²) >= 11 is 0. The van der Waals surface area contributed by atoms with E-state index in [1.165, 1.54) is 58.2 Å². The van der Waals surface area contributed by atoms with Crippen molar-refractivity contribution >= 4 is 0 Å². The zero-order chi connectivity index (χ0) is 10.9. The van der Waals surface area contributed by atoms with Crippen molar-refractivity contribution in [1.29, 1.82) is 0 Å². The molecular formula is C13H28N2. The molecule has 1 aliphatic rings. The SMILES string of the molecule is CCCCCC(C)NCC1CCCNC1. The number of rotatable bonds is 7.